The van der Waals surface area contributed by atoms with Crippen molar-refractivity contribution in [1.29, 1.82) is 0 Å². The minimum atomic E-state index is -0.539. The monoisotopic (exact) mass is 331 g/mol. The predicted molar refractivity (Wildman–Crippen MR) is 78.6 cm³/mol. The van der Waals surface area contributed by atoms with Gasteiger partial charge in [-0.05, 0) is 49.0 Å². The second kappa shape index (κ2) is 6.86. The highest BCUT2D eigenvalue weighted by molar-refractivity contribution is 9.10. The van der Waals surface area contributed by atoms with Crippen LogP contribution in [-0.4, -0.2) is 37.0 Å². The molecule has 0 atom stereocenters. The Morgan fingerprint density at radius 2 is 2.16 bits per heavy atom. The molecule has 0 aliphatic carbocycles. The molecule has 0 aliphatic rings. The van der Waals surface area contributed by atoms with Crippen molar-refractivity contribution in [1.82, 2.24) is 10.2 Å². The lowest BCUT2D eigenvalue weighted by molar-refractivity contribution is 0.0947. The molecule has 19 heavy (non-hydrogen) atoms. The number of carbonyl (C=O) groups is 1. The van der Waals surface area contributed by atoms with E-state index in [0.29, 0.717) is 22.6 Å². The molecule has 0 saturated heterocycles. The van der Waals surface area contributed by atoms with Crippen molar-refractivity contribution in [2.45, 2.75) is 19.9 Å². The van der Waals surface area contributed by atoms with Crippen molar-refractivity contribution in [3.05, 3.63) is 28.0 Å². The predicted octanol–water partition coefficient (Wildman–Crippen LogP) is 2.24. The number of nitrogen functional groups attached to an aromatic ring is 1. The number of amides is 1. The molecule has 1 aromatic carbocycles. The van der Waals surface area contributed by atoms with Crippen LogP contribution in [0.1, 0.15) is 24.2 Å². The molecule has 0 aliphatic heterocycles. The van der Waals surface area contributed by atoms with Gasteiger partial charge in [0.05, 0.1) is 11.3 Å². The summed E-state index contributed by atoms with van der Waals surface area (Å²) in [5.41, 5.74) is 5.76. The highest BCUT2D eigenvalue weighted by atomic mass is 79.9. The smallest absolute Gasteiger partial charge is 0.252 e. The average molecular weight is 332 g/mol. The van der Waals surface area contributed by atoms with E-state index >= 15 is 0 Å². The maximum Gasteiger partial charge on any atom is 0.252 e. The van der Waals surface area contributed by atoms with Crippen LogP contribution in [0.25, 0.3) is 0 Å². The first-order chi connectivity index (χ1) is 8.82. The fourth-order valence-electron chi connectivity index (χ4n) is 1.44. The summed E-state index contributed by atoms with van der Waals surface area (Å²) in [4.78, 5) is 14.1. The second-order valence-corrected chi connectivity index (χ2v) is 5.54. The van der Waals surface area contributed by atoms with Crippen LogP contribution in [0.15, 0.2) is 16.6 Å². The van der Waals surface area contributed by atoms with E-state index in [1.807, 2.05) is 7.05 Å². The van der Waals surface area contributed by atoms with Crippen LogP contribution in [0.4, 0.5) is 10.1 Å². The van der Waals surface area contributed by atoms with Gasteiger partial charge in [0.15, 0.2) is 0 Å². The fourth-order valence-corrected chi connectivity index (χ4v) is 1.93. The summed E-state index contributed by atoms with van der Waals surface area (Å²) < 4.78 is 13.6. The second-order valence-electron chi connectivity index (χ2n) is 4.68. The molecular weight excluding hydrogens is 313 g/mol. The third-order valence-electron chi connectivity index (χ3n) is 2.96. The summed E-state index contributed by atoms with van der Waals surface area (Å²) in [6.07, 6.45) is 0. The van der Waals surface area contributed by atoms with Crippen LogP contribution >= 0.6 is 15.9 Å². The van der Waals surface area contributed by atoms with Gasteiger partial charge in [0.1, 0.15) is 5.82 Å². The summed E-state index contributed by atoms with van der Waals surface area (Å²) in [5.74, 6) is -0.807. The minimum Gasteiger partial charge on any atom is -0.396 e. The Morgan fingerprint density at radius 1 is 1.53 bits per heavy atom. The average Bonchev–Trinajstić information content (AvgIpc) is 2.33. The lowest BCUT2D eigenvalue weighted by Gasteiger charge is -2.21. The van der Waals surface area contributed by atoms with E-state index in [9.17, 15) is 9.18 Å². The summed E-state index contributed by atoms with van der Waals surface area (Å²) >= 11 is 3.16. The topological polar surface area (TPSA) is 58.4 Å². The Bertz CT molecular complexity index is 465. The number of hydrogen-bond donors (Lipinski definition) is 2. The largest absolute Gasteiger partial charge is 0.396 e. The SMILES string of the molecule is CC(C)N(C)CCNC(=O)c1cc(N)c(F)cc1Br. The summed E-state index contributed by atoms with van der Waals surface area (Å²) in [5, 5.41) is 2.78. The van der Waals surface area contributed by atoms with Gasteiger partial charge < -0.3 is 16.0 Å². The zero-order chi connectivity index (χ0) is 14.6. The maximum absolute atomic E-state index is 13.2. The molecule has 1 amide bonds. The number of nitrogens with zero attached hydrogens (tertiary/aromatic N) is 1. The Labute approximate surface area is 121 Å². The van der Waals surface area contributed by atoms with Gasteiger partial charge in [-0.1, -0.05) is 0 Å². The lowest BCUT2D eigenvalue weighted by atomic mass is 10.2. The van der Waals surface area contributed by atoms with Gasteiger partial charge in [-0.25, -0.2) is 4.39 Å². The Hall–Kier alpha value is -1.14. The first kappa shape index (κ1) is 15.9. The third-order valence-corrected chi connectivity index (χ3v) is 3.62. The molecule has 0 saturated carbocycles. The van der Waals surface area contributed by atoms with Gasteiger partial charge in [-0.15, -0.1) is 0 Å². The summed E-state index contributed by atoms with van der Waals surface area (Å²) in [7, 11) is 1.99. The molecule has 3 N–H and O–H groups in total. The van der Waals surface area contributed by atoms with Crippen molar-refractivity contribution >= 4 is 27.5 Å². The number of benzene rings is 1. The highest BCUT2D eigenvalue weighted by Gasteiger charge is 2.13. The van der Waals surface area contributed by atoms with Gasteiger partial charge in [0, 0.05) is 23.6 Å². The van der Waals surface area contributed by atoms with Gasteiger partial charge in [0.2, 0.25) is 0 Å². The Balaban J connectivity index is 2.62. The summed E-state index contributed by atoms with van der Waals surface area (Å²) in [6.45, 7) is 5.44. The maximum atomic E-state index is 13.2. The molecule has 0 spiro atoms. The number of nitrogens with two attached hydrogens (primary N) is 1. The van der Waals surface area contributed by atoms with Crippen molar-refractivity contribution in [3.63, 3.8) is 0 Å². The van der Waals surface area contributed by atoms with Gasteiger partial charge >= 0.3 is 0 Å². The third kappa shape index (κ3) is 4.47. The van der Waals surface area contributed by atoms with Gasteiger partial charge in [0.25, 0.3) is 5.91 Å². The number of anilines is 1. The minimum absolute atomic E-state index is 0.0346. The molecule has 6 heteroatoms. The van der Waals surface area contributed by atoms with Crippen LogP contribution in [0, 0.1) is 5.82 Å². The molecule has 0 heterocycles. The molecule has 4 nitrogen and oxygen atoms in total. The highest BCUT2D eigenvalue weighted by Crippen LogP contribution is 2.22. The molecule has 0 unspecified atom stereocenters. The van der Waals surface area contributed by atoms with Crippen LogP contribution in [-0.2, 0) is 0 Å². The van der Waals surface area contributed by atoms with Gasteiger partial charge in [-0.2, -0.15) is 0 Å². The number of halogens is 2. The summed E-state index contributed by atoms with van der Waals surface area (Å²) in [6, 6.07) is 2.95. The quantitative estimate of drug-likeness (QED) is 0.813. The standard InChI is InChI=1S/C13H19BrFN3O/c1-8(2)18(3)5-4-17-13(19)9-6-12(16)11(15)7-10(9)14/h6-8H,4-5,16H2,1-3H3,(H,17,19). The number of nitrogens with one attached hydrogen (secondary N) is 1. The number of carbonyl (C=O) groups excluding carboxylic acids is 1. The first-order valence-corrected chi connectivity index (χ1v) is 6.85. The van der Waals surface area contributed by atoms with E-state index < -0.39 is 5.82 Å². The van der Waals surface area contributed by atoms with Crippen molar-refractivity contribution in [2.24, 2.45) is 0 Å². The fraction of sp³-hybridized carbons (Fsp3) is 0.462. The van der Waals surface area contributed by atoms with Crippen molar-refractivity contribution in [3.8, 4) is 0 Å². The van der Waals surface area contributed by atoms with Crippen LogP contribution in [0.2, 0.25) is 0 Å². The van der Waals surface area contributed by atoms with Crippen LogP contribution < -0.4 is 11.1 Å². The van der Waals surface area contributed by atoms with Crippen molar-refractivity contribution < 1.29 is 9.18 Å². The van der Waals surface area contributed by atoms with E-state index in [1.54, 1.807) is 0 Å². The van der Waals surface area contributed by atoms with Crippen LogP contribution in [0.3, 0.4) is 0 Å². The zero-order valence-corrected chi connectivity index (χ0v) is 12.9. The normalized spacial score (nSPS) is 11.1. The molecule has 1 rings (SSSR count). The molecular formula is C13H19BrFN3O. The van der Waals surface area contributed by atoms with Crippen molar-refractivity contribution in [2.75, 3.05) is 25.9 Å². The van der Waals surface area contributed by atoms with E-state index in [2.05, 4.69) is 40.0 Å². The molecule has 1 aromatic rings. The van der Waals surface area contributed by atoms with E-state index in [0.717, 1.165) is 6.54 Å². The molecule has 0 radical (unpaired) electrons. The van der Waals surface area contributed by atoms with E-state index in [1.165, 1.54) is 12.1 Å². The molecule has 0 fully saturated rings. The zero-order valence-electron chi connectivity index (χ0n) is 11.3. The molecule has 106 valence electrons. The number of rotatable bonds is 5. The number of hydrogen-bond acceptors (Lipinski definition) is 3. The Kier molecular flexibility index (Phi) is 5.75. The Morgan fingerprint density at radius 3 is 2.74 bits per heavy atom. The lowest BCUT2D eigenvalue weighted by Crippen LogP contribution is -2.36. The van der Waals surface area contributed by atoms with Crippen LogP contribution in [0.5, 0.6) is 0 Å². The molecule has 0 aromatic heterocycles. The van der Waals surface area contributed by atoms with Gasteiger partial charge in [-0.3, -0.25) is 4.79 Å². The first-order valence-electron chi connectivity index (χ1n) is 6.06. The molecule has 0 bridgehead atoms. The van der Waals surface area contributed by atoms with E-state index in [-0.39, 0.29) is 11.6 Å². The number of likely N-dealkylation sites (N-methyl/N-ethyl adjacent to an activating group) is 1. The van der Waals surface area contributed by atoms with E-state index in [4.69, 9.17) is 5.73 Å².